The van der Waals surface area contributed by atoms with E-state index < -0.39 is 6.09 Å². The average molecular weight is 346 g/mol. The Morgan fingerprint density at radius 2 is 1.38 bits per heavy atom. The van der Waals surface area contributed by atoms with E-state index in [0.29, 0.717) is 12.2 Å². The van der Waals surface area contributed by atoms with Crippen LogP contribution in [0.5, 0.6) is 5.75 Å². The molecule has 0 spiro atoms. The van der Waals surface area contributed by atoms with Gasteiger partial charge in [-0.3, -0.25) is 4.79 Å². The summed E-state index contributed by atoms with van der Waals surface area (Å²) < 4.78 is 5.32. The number of rotatable bonds is 5. The molecule has 0 atom stereocenters. The first-order valence-corrected chi connectivity index (χ1v) is 8.17. The summed E-state index contributed by atoms with van der Waals surface area (Å²) in [6.07, 6.45) is -0.617. The Morgan fingerprint density at radius 1 is 0.769 bits per heavy atom. The molecule has 0 saturated carbocycles. The van der Waals surface area contributed by atoms with E-state index in [2.05, 4.69) is 10.6 Å². The van der Waals surface area contributed by atoms with Crippen molar-refractivity contribution in [3.63, 3.8) is 0 Å². The van der Waals surface area contributed by atoms with E-state index in [0.717, 1.165) is 5.56 Å². The molecule has 26 heavy (non-hydrogen) atoms. The molecule has 0 saturated heterocycles. The van der Waals surface area contributed by atoms with Crippen LogP contribution >= 0.6 is 0 Å². The molecule has 3 aromatic rings. The lowest BCUT2D eigenvalue weighted by Crippen LogP contribution is -2.27. The van der Waals surface area contributed by atoms with Crippen molar-refractivity contribution in [2.24, 2.45) is 0 Å². The Morgan fingerprint density at radius 3 is 2.12 bits per heavy atom. The Kier molecular flexibility index (Phi) is 5.62. The maximum atomic E-state index is 12.5. The number of benzene rings is 3. The number of para-hydroxylation sites is 2. The zero-order chi connectivity index (χ0) is 18.2. The van der Waals surface area contributed by atoms with Gasteiger partial charge in [-0.05, 0) is 29.8 Å². The molecule has 0 heterocycles. The second-order valence-electron chi connectivity index (χ2n) is 5.54. The lowest BCUT2D eigenvalue weighted by atomic mass is 10.2. The van der Waals surface area contributed by atoms with Gasteiger partial charge in [-0.2, -0.15) is 0 Å². The van der Waals surface area contributed by atoms with Gasteiger partial charge in [-0.15, -0.1) is 0 Å². The monoisotopic (exact) mass is 346 g/mol. The Bertz CT molecular complexity index is 880. The van der Waals surface area contributed by atoms with Crippen LogP contribution in [0.3, 0.4) is 0 Å². The summed E-state index contributed by atoms with van der Waals surface area (Å²) in [4.78, 5) is 24.5. The van der Waals surface area contributed by atoms with E-state index in [9.17, 15) is 9.59 Å². The molecule has 0 aliphatic carbocycles. The third-order valence-electron chi connectivity index (χ3n) is 3.65. The second kappa shape index (κ2) is 8.48. The van der Waals surface area contributed by atoms with Crippen molar-refractivity contribution in [3.8, 4) is 5.75 Å². The highest BCUT2D eigenvalue weighted by Gasteiger charge is 2.15. The van der Waals surface area contributed by atoms with E-state index in [1.54, 1.807) is 36.4 Å². The second-order valence-corrected chi connectivity index (χ2v) is 5.54. The molecule has 0 aliphatic rings. The first kappa shape index (κ1) is 17.2. The summed E-state index contributed by atoms with van der Waals surface area (Å²) in [6.45, 7) is 0.345. The number of ether oxygens (including phenoxy) is 1. The Hall–Kier alpha value is -3.60. The fourth-order valence-electron chi connectivity index (χ4n) is 2.37. The van der Waals surface area contributed by atoms with Crippen LogP contribution in [0.15, 0.2) is 84.9 Å². The number of carbonyl (C=O) groups excluding carboxylic acids is 2. The van der Waals surface area contributed by atoms with Crippen molar-refractivity contribution in [2.45, 2.75) is 6.54 Å². The van der Waals surface area contributed by atoms with Gasteiger partial charge in [-0.25, -0.2) is 4.79 Å². The number of anilines is 1. The first-order chi connectivity index (χ1) is 12.7. The summed E-state index contributed by atoms with van der Waals surface area (Å²) >= 11 is 0. The minimum absolute atomic E-state index is 0.200. The van der Waals surface area contributed by atoms with Gasteiger partial charge in [0.2, 0.25) is 0 Å². The lowest BCUT2D eigenvalue weighted by Gasteiger charge is -2.11. The van der Waals surface area contributed by atoms with Gasteiger partial charge < -0.3 is 15.4 Å². The normalized spacial score (nSPS) is 10.0. The Balaban J connectivity index is 1.65. The largest absolute Gasteiger partial charge is 0.412 e. The van der Waals surface area contributed by atoms with Gasteiger partial charge in [0.1, 0.15) is 5.75 Å². The lowest BCUT2D eigenvalue weighted by molar-refractivity contribution is 0.102. The third kappa shape index (κ3) is 4.70. The molecule has 0 unspecified atom stereocenters. The van der Waals surface area contributed by atoms with Gasteiger partial charge in [0, 0.05) is 12.2 Å². The minimum atomic E-state index is -0.617. The molecule has 0 aliphatic heterocycles. The van der Waals surface area contributed by atoms with E-state index in [-0.39, 0.29) is 17.2 Å². The van der Waals surface area contributed by atoms with Gasteiger partial charge in [0.15, 0.2) is 0 Å². The topological polar surface area (TPSA) is 67.4 Å². The molecule has 0 radical (unpaired) electrons. The number of carbonyl (C=O) groups is 2. The number of hydrogen-bond donors (Lipinski definition) is 2. The zero-order valence-electron chi connectivity index (χ0n) is 14.0. The molecule has 5 nitrogen and oxygen atoms in total. The molecule has 0 bridgehead atoms. The highest BCUT2D eigenvalue weighted by Crippen LogP contribution is 2.20. The molecule has 130 valence electrons. The van der Waals surface area contributed by atoms with E-state index in [4.69, 9.17) is 4.74 Å². The summed E-state index contributed by atoms with van der Waals surface area (Å²) in [5.41, 5.74) is 1.91. The van der Waals surface area contributed by atoms with Crippen molar-refractivity contribution in [1.82, 2.24) is 5.32 Å². The van der Waals surface area contributed by atoms with Gasteiger partial charge in [-0.1, -0.05) is 60.7 Å². The van der Waals surface area contributed by atoms with Crippen LogP contribution in [0.4, 0.5) is 10.5 Å². The van der Waals surface area contributed by atoms with Crippen LogP contribution in [0.1, 0.15) is 15.9 Å². The maximum Gasteiger partial charge on any atom is 0.412 e. The number of nitrogens with one attached hydrogen (secondary N) is 2. The van der Waals surface area contributed by atoms with Gasteiger partial charge in [0.25, 0.3) is 5.91 Å². The van der Waals surface area contributed by atoms with Crippen LogP contribution < -0.4 is 15.4 Å². The van der Waals surface area contributed by atoms with Crippen LogP contribution in [0, 0.1) is 0 Å². The van der Waals surface area contributed by atoms with Crippen LogP contribution in [0.25, 0.3) is 0 Å². The Labute approximate surface area is 151 Å². The fraction of sp³-hybridized carbons (Fsp3) is 0.0476. The van der Waals surface area contributed by atoms with E-state index >= 15 is 0 Å². The highest BCUT2D eigenvalue weighted by atomic mass is 16.6. The van der Waals surface area contributed by atoms with Gasteiger partial charge >= 0.3 is 6.09 Å². The zero-order valence-corrected chi connectivity index (χ0v) is 14.0. The van der Waals surface area contributed by atoms with Crippen LogP contribution in [-0.4, -0.2) is 12.0 Å². The van der Waals surface area contributed by atoms with Crippen molar-refractivity contribution in [3.05, 3.63) is 96.1 Å². The molecule has 0 fully saturated rings. The first-order valence-electron chi connectivity index (χ1n) is 8.17. The van der Waals surface area contributed by atoms with Crippen molar-refractivity contribution >= 4 is 17.7 Å². The van der Waals surface area contributed by atoms with Gasteiger partial charge in [0.05, 0.1) is 5.56 Å². The maximum absolute atomic E-state index is 12.5. The van der Waals surface area contributed by atoms with Crippen molar-refractivity contribution < 1.29 is 14.3 Å². The molecule has 3 aromatic carbocycles. The molecule has 2 amide bonds. The van der Waals surface area contributed by atoms with Crippen LogP contribution in [0.2, 0.25) is 0 Å². The SMILES string of the molecule is O=C(NCc1ccccc1)Oc1ccccc1C(=O)Nc1ccccc1. The minimum Gasteiger partial charge on any atom is -0.409 e. The summed E-state index contributed by atoms with van der Waals surface area (Å²) in [6, 6.07) is 25.2. The highest BCUT2D eigenvalue weighted by molar-refractivity contribution is 6.06. The standard InChI is InChI=1S/C21H18N2O3/c24-20(23-17-11-5-2-6-12-17)18-13-7-8-14-19(18)26-21(25)22-15-16-9-3-1-4-10-16/h1-14H,15H2,(H,22,25)(H,23,24). The molecule has 5 heteroatoms. The smallest absolute Gasteiger partial charge is 0.409 e. The fourth-order valence-corrected chi connectivity index (χ4v) is 2.37. The molecular weight excluding hydrogens is 328 g/mol. The summed E-state index contributed by atoms with van der Waals surface area (Å²) in [5.74, 6) is -0.144. The summed E-state index contributed by atoms with van der Waals surface area (Å²) in [5, 5.41) is 5.45. The molecule has 0 aromatic heterocycles. The predicted molar refractivity (Wildman–Crippen MR) is 100 cm³/mol. The molecule has 3 rings (SSSR count). The number of hydrogen-bond acceptors (Lipinski definition) is 3. The van der Waals surface area contributed by atoms with Crippen molar-refractivity contribution in [2.75, 3.05) is 5.32 Å². The third-order valence-corrected chi connectivity index (χ3v) is 3.65. The van der Waals surface area contributed by atoms with Crippen molar-refractivity contribution in [1.29, 1.82) is 0 Å². The predicted octanol–water partition coefficient (Wildman–Crippen LogP) is 4.23. The summed E-state index contributed by atoms with van der Waals surface area (Å²) in [7, 11) is 0. The quantitative estimate of drug-likeness (QED) is 0.726. The molecule has 2 N–H and O–H groups in total. The van der Waals surface area contributed by atoms with Crippen LogP contribution in [-0.2, 0) is 6.54 Å². The van der Waals surface area contributed by atoms with E-state index in [1.807, 2.05) is 48.5 Å². The average Bonchev–Trinajstić information content (AvgIpc) is 2.68. The molecular formula is C21H18N2O3. The number of amides is 2. The van der Waals surface area contributed by atoms with E-state index in [1.165, 1.54) is 0 Å².